The van der Waals surface area contributed by atoms with E-state index in [4.69, 9.17) is 4.74 Å². The van der Waals surface area contributed by atoms with E-state index in [1.54, 1.807) is 6.92 Å². The molecular formula is C11H23NO4S. The van der Waals surface area contributed by atoms with Gasteiger partial charge in [0, 0.05) is 19.6 Å². The highest BCUT2D eigenvalue weighted by Crippen LogP contribution is 2.24. The van der Waals surface area contributed by atoms with Crippen molar-refractivity contribution in [2.45, 2.75) is 45.3 Å². The number of aliphatic hydroxyl groups is 1. The van der Waals surface area contributed by atoms with Crippen molar-refractivity contribution in [3.63, 3.8) is 0 Å². The Hall–Kier alpha value is -0.170. The quantitative estimate of drug-likeness (QED) is 0.733. The Kier molecular flexibility index (Phi) is 4.95. The topological polar surface area (TPSA) is 75.6 Å². The van der Waals surface area contributed by atoms with Crippen LogP contribution in [-0.4, -0.2) is 44.1 Å². The molecule has 0 aliphatic carbocycles. The molecule has 1 saturated heterocycles. The van der Waals surface area contributed by atoms with Gasteiger partial charge in [0.1, 0.15) is 5.60 Å². The zero-order chi connectivity index (χ0) is 13.1. The van der Waals surface area contributed by atoms with Crippen molar-refractivity contribution < 1.29 is 18.3 Å². The molecule has 6 heteroatoms. The van der Waals surface area contributed by atoms with Crippen molar-refractivity contribution in [2.75, 3.05) is 18.9 Å². The van der Waals surface area contributed by atoms with Crippen LogP contribution in [-0.2, 0) is 14.8 Å². The van der Waals surface area contributed by atoms with Crippen LogP contribution >= 0.6 is 0 Å². The zero-order valence-electron chi connectivity index (χ0n) is 10.8. The minimum absolute atomic E-state index is 0.0363. The van der Waals surface area contributed by atoms with E-state index < -0.39 is 15.6 Å². The molecule has 2 unspecified atom stereocenters. The Balaban J connectivity index is 2.44. The Bertz CT molecular complexity index is 341. The summed E-state index contributed by atoms with van der Waals surface area (Å²) in [7, 11) is -3.29. The maximum absolute atomic E-state index is 11.7. The standard InChI is InChI=1S/C11H23NO4S/c1-9(2)4-7-17(14,15)12-8-11(13)5-6-16-10(11)3/h9-10,12-13H,4-8H2,1-3H3. The maximum atomic E-state index is 11.7. The molecular weight excluding hydrogens is 242 g/mol. The van der Waals surface area contributed by atoms with Gasteiger partial charge in [-0.15, -0.1) is 0 Å². The molecule has 17 heavy (non-hydrogen) atoms. The zero-order valence-corrected chi connectivity index (χ0v) is 11.6. The summed E-state index contributed by atoms with van der Waals surface area (Å²) in [5.74, 6) is 0.457. The molecule has 0 spiro atoms. The molecule has 0 amide bonds. The first-order chi connectivity index (χ1) is 7.75. The van der Waals surface area contributed by atoms with Gasteiger partial charge in [-0.3, -0.25) is 0 Å². The van der Waals surface area contributed by atoms with E-state index in [0.29, 0.717) is 25.4 Å². The minimum atomic E-state index is -3.29. The lowest BCUT2D eigenvalue weighted by Gasteiger charge is -2.26. The van der Waals surface area contributed by atoms with E-state index >= 15 is 0 Å². The summed E-state index contributed by atoms with van der Waals surface area (Å²) >= 11 is 0. The van der Waals surface area contributed by atoms with E-state index in [2.05, 4.69) is 4.72 Å². The molecule has 0 aromatic carbocycles. The molecule has 0 radical (unpaired) electrons. The fraction of sp³-hybridized carbons (Fsp3) is 1.00. The van der Waals surface area contributed by atoms with Crippen molar-refractivity contribution in [2.24, 2.45) is 5.92 Å². The van der Waals surface area contributed by atoms with Gasteiger partial charge in [-0.1, -0.05) is 13.8 Å². The number of nitrogens with one attached hydrogen (secondary N) is 1. The highest BCUT2D eigenvalue weighted by atomic mass is 32.2. The molecule has 1 fully saturated rings. The van der Waals surface area contributed by atoms with Crippen LogP contribution in [0.2, 0.25) is 0 Å². The van der Waals surface area contributed by atoms with Gasteiger partial charge >= 0.3 is 0 Å². The lowest BCUT2D eigenvalue weighted by molar-refractivity contribution is -0.0228. The third-order valence-electron chi connectivity index (χ3n) is 3.22. The summed E-state index contributed by atoms with van der Waals surface area (Å²) in [6, 6.07) is 0. The summed E-state index contributed by atoms with van der Waals surface area (Å²) < 4.78 is 31.1. The van der Waals surface area contributed by atoms with Crippen LogP contribution < -0.4 is 4.72 Å². The molecule has 1 aliphatic heterocycles. The van der Waals surface area contributed by atoms with Crippen molar-refractivity contribution in [1.29, 1.82) is 0 Å². The second-order valence-electron chi connectivity index (χ2n) is 5.19. The fourth-order valence-corrected chi connectivity index (χ4v) is 3.10. The van der Waals surface area contributed by atoms with Crippen molar-refractivity contribution >= 4 is 10.0 Å². The minimum Gasteiger partial charge on any atom is -0.386 e. The van der Waals surface area contributed by atoms with Crippen LogP contribution in [0.5, 0.6) is 0 Å². The average Bonchev–Trinajstić information content (AvgIpc) is 2.55. The average molecular weight is 265 g/mol. The van der Waals surface area contributed by atoms with E-state index in [0.717, 1.165) is 0 Å². The predicted octanol–water partition coefficient (Wildman–Crippen LogP) is 0.492. The Labute approximate surface area is 104 Å². The number of rotatable bonds is 6. The largest absolute Gasteiger partial charge is 0.386 e. The maximum Gasteiger partial charge on any atom is 0.211 e. The normalized spacial score (nSPS) is 30.1. The van der Waals surface area contributed by atoms with Crippen LogP contribution in [0.25, 0.3) is 0 Å². The van der Waals surface area contributed by atoms with Crippen LogP contribution in [0, 0.1) is 5.92 Å². The molecule has 2 N–H and O–H groups in total. The van der Waals surface area contributed by atoms with Gasteiger partial charge < -0.3 is 9.84 Å². The number of hydrogen-bond acceptors (Lipinski definition) is 4. The first-order valence-corrected chi connectivity index (χ1v) is 7.72. The molecule has 1 aliphatic rings. The third kappa shape index (κ3) is 4.54. The van der Waals surface area contributed by atoms with Gasteiger partial charge in [-0.2, -0.15) is 0 Å². The van der Waals surface area contributed by atoms with E-state index in [-0.39, 0.29) is 18.4 Å². The molecule has 0 saturated carbocycles. The van der Waals surface area contributed by atoms with E-state index in [1.165, 1.54) is 0 Å². The van der Waals surface area contributed by atoms with Gasteiger partial charge in [0.25, 0.3) is 0 Å². The van der Waals surface area contributed by atoms with E-state index in [9.17, 15) is 13.5 Å². The number of sulfonamides is 1. The van der Waals surface area contributed by atoms with Crippen LogP contribution in [0.1, 0.15) is 33.6 Å². The summed E-state index contributed by atoms with van der Waals surface area (Å²) in [5.41, 5.74) is -1.06. The molecule has 5 nitrogen and oxygen atoms in total. The Morgan fingerprint density at radius 3 is 2.65 bits per heavy atom. The van der Waals surface area contributed by atoms with Gasteiger partial charge in [-0.25, -0.2) is 13.1 Å². The van der Waals surface area contributed by atoms with Gasteiger partial charge in [0.15, 0.2) is 0 Å². The lowest BCUT2D eigenvalue weighted by atomic mass is 9.97. The highest BCUT2D eigenvalue weighted by Gasteiger charge is 2.40. The van der Waals surface area contributed by atoms with Crippen molar-refractivity contribution in [1.82, 2.24) is 4.72 Å². The van der Waals surface area contributed by atoms with Gasteiger partial charge in [-0.05, 0) is 19.3 Å². The number of hydrogen-bond donors (Lipinski definition) is 2. The second kappa shape index (κ2) is 5.65. The molecule has 102 valence electrons. The van der Waals surface area contributed by atoms with Crippen LogP contribution in [0.4, 0.5) is 0 Å². The Morgan fingerprint density at radius 2 is 2.18 bits per heavy atom. The van der Waals surface area contributed by atoms with Crippen molar-refractivity contribution in [3.05, 3.63) is 0 Å². The predicted molar refractivity (Wildman–Crippen MR) is 66.2 cm³/mol. The number of ether oxygens (including phenoxy) is 1. The second-order valence-corrected chi connectivity index (χ2v) is 7.12. The highest BCUT2D eigenvalue weighted by molar-refractivity contribution is 7.89. The SMILES string of the molecule is CC(C)CCS(=O)(=O)NCC1(O)CCOC1C. The summed E-state index contributed by atoms with van der Waals surface area (Å²) in [6.45, 7) is 6.24. The van der Waals surface area contributed by atoms with Gasteiger partial charge in [0.2, 0.25) is 10.0 Å². The first kappa shape index (κ1) is 14.9. The summed E-state index contributed by atoms with van der Waals surface area (Å²) in [5, 5.41) is 10.1. The van der Waals surface area contributed by atoms with E-state index in [1.807, 2.05) is 13.8 Å². The molecule has 0 aromatic rings. The van der Waals surface area contributed by atoms with Crippen molar-refractivity contribution in [3.8, 4) is 0 Å². The molecule has 0 aromatic heterocycles. The molecule has 1 rings (SSSR count). The summed E-state index contributed by atoms with van der Waals surface area (Å²) in [6.07, 6.45) is 0.774. The monoisotopic (exact) mass is 265 g/mol. The fourth-order valence-electron chi connectivity index (χ4n) is 1.70. The van der Waals surface area contributed by atoms with Gasteiger partial charge in [0.05, 0.1) is 11.9 Å². The molecule has 1 heterocycles. The summed E-state index contributed by atoms with van der Waals surface area (Å²) in [4.78, 5) is 0. The van der Waals surface area contributed by atoms with Crippen LogP contribution in [0.15, 0.2) is 0 Å². The molecule has 2 atom stereocenters. The smallest absolute Gasteiger partial charge is 0.211 e. The lowest BCUT2D eigenvalue weighted by Crippen LogP contribution is -2.47. The third-order valence-corrected chi connectivity index (χ3v) is 4.58. The Morgan fingerprint density at radius 1 is 1.53 bits per heavy atom. The first-order valence-electron chi connectivity index (χ1n) is 6.06. The van der Waals surface area contributed by atoms with Crippen LogP contribution in [0.3, 0.4) is 0 Å². The molecule has 0 bridgehead atoms.